The zero-order valence-electron chi connectivity index (χ0n) is 13.6. The molecular formula is C15H19N2O6P. The van der Waals surface area contributed by atoms with Crippen molar-refractivity contribution in [1.29, 1.82) is 0 Å². The molecule has 1 N–H and O–H groups in total. The zero-order valence-corrected chi connectivity index (χ0v) is 14.5. The van der Waals surface area contributed by atoms with Crippen LogP contribution in [0.3, 0.4) is 0 Å². The van der Waals surface area contributed by atoms with Crippen molar-refractivity contribution in [3.05, 3.63) is 35.4 Å². The van der Waals surface area contributed by atoms with Crippen LogP contribution in [0.5, 0.6) is 0 Å². The van der Waals surface area contributed by atoms with Crippen LogP contribution in [0.1, 0.15) is 41.5 Å². The maximum absolute atomic E-state index is 12.4. The van der Waals surface area contributed by atoms with Gasteiger partial charge in [0.1, 0.15) is 6.04 Å². The lowest BCUT2D eigenvalue weighted by Gasteiger charge is -2.24. The number of hydrogen-bond acceptors (Lipinski definition) is 6. The zero-order chi connectivity index (χ0) is 17.9. The van der Waals surface area contributed by atoms with Gasteiger partial charge in [0.2, 0.25) is 0 Å². The van der Waals surface area contributed by atoms with Gasteiger partial charge in [-0.1, -0.05) is 12.1 Å². The minimum absolute atomic E-state index is 0.0684. The van der Waals surface area contributed by atoms with Crippen molar-refractivity contribution < 1.29 is 28.0 Å². The third-order valence-corrected chi connectivity index (χ3v) is 5.13. The van der Waals surface area contributed by atoms with E-state index in [1.54, 1.807) is 26.0 Å². The van der Waals surface area contributed by atoms with Gasteiger partial charge in [-0.25, -0.2) is 4.57 Å². The molecule has 0 fully saturated rings. The van der Waals surface area contributed by atoms with Crippen LogP contribution in [0, 0.1) is 0 Å². The van der Waals surface area contributed by atoms with Gasteiger partial charge in [0.15, 0.2) is 0 Å². The highest BCUT2D eigenvalue weighted by Gasteiger charge is 2.42. The number of rotatable bonds is 7. The van der Waals surface area contributed by atoms with Crippen molar-refractivity contribution in [1.82, 2.24) is 9.99 Å². The van der Waals surface area contributed by atoms with Crippen molar-refractivity contribution >= 4 is 25.5 Å². The van der Waals surface area contributed by atoms with Crippen LogP contribution in [0.2, 0.25) is 0 Å². The van der Waals surface area contributed by atoms with Gasteiger partial charge in [-0.3, -0.25) is 33.4 Å². The Balaban J connectivity index is 2.19. The first-order valence-electron chi connectivity index (χ1n) is 7.52. The van der Waals surface area contributed by atoms with E-state index in [-0.39, 0.29) is 24.3 Å². The summed E-state index contributed by atoms with van der Waals surface area (Å²) in [5.41, 5.74) is 0.472. The first-order valence-corrected chi connectivity index (χ1v) is 9.07. The lowest BCUT2D eigenvalue weighted by atomic mass is 10.1. The smallest absolute Gasteiger partial charge is 0.293 e. The molecule has 1 unspecified atom stereocenters. The molecule has 1 aromatic rings. The lowest BCUT2D eigenvalue weighted by molar-refractivity contribution is -0.123. The fraction of sp³-hybridized carbons (Fsp3) is 0.400. The molecule has 0 aromatic heterocycles. The van der Waals surface area contributed by atoms with Gasteiger partial charge in [0.25, 0.3) is 17.7 Å². The summed E-state index contributed by atoms with van der Waals surface area (Å²) in [6, 6.07) is 5.15. The van der Waals surface area contributed by atoms with E-state index < -0.39 is 31.5 Å². The number of nitrogens with one attached hydrogen (secondary N) is 1. The molecular weight excluding hydrogens is 335 g/mol. The third kappa shape index (κ3) is 3.40. The van der Waals surface area contributed by atoms with Gasteiger partial charge >= 0.3 is 7.75 Å². The highest BCUT2D eigenvalue weighted by Crippen LogP contribution is 2.43. The molecule has 0 radical (unpaired) electrons. The molecule has 9 heteroatoms. The maximum Gasteiger partial charge on any atom is 0.434 e. The average molecular weight is 354 g/mol. The van der Waals surface area contributed by atoms with E-state index in [0.29, 0.717) is 0 Å². The lowest BCUT2D eigenvalue weighted by Crippen LogP contribution is -2.47. The summed E-state index contributed by atoms with van der Waals surface area (Å²) in [5, 5.41) is 2.17. The van der Waals surface area contributed by atoms with Crippen molar-refractivity contribution in [3.63, 3.8) is 0 Å². The van der Waals surface area contributed by atoms with E-state index >= 15 is 0 Å². The van der Waals surface area contributed by atoms with Crippen LogP contribution in [-0.4, -0.2) is 41.9 Å². The Labute approximate surface area is 139 Å². The summed E-state index contributed by atoms with van der Waals surface area (Å²) in [6.45, 7) is 4.72. The summed E-state index contributed by atoms with van der Waals surface area (Å²) < 4.78 is 22.3. The summed E-state index contributed by atoms with van der Waals surface area (Å²) >= 11 is 0. The van der Waals surface area contributed by atoms with Crippen LogP contribution >= 0.6 is 7.75 Å². The second-order valence-electron chi connectivity index (χ2n) is 5.01. The van der Waals surface area contributed by atoms with E-state index in [1.165, 1.54) is 19.1 Å². The molecule has 1 aliphatic rings. The van der Waals surface area contributed by atoms with E-state index in [1.807, 2.05) is 0 Å². The Hall–Kier alpha value is -2.02. The van der Waals surface area contributed by atoms with Crippen molar-refractivity contribution in [2.75, 3.05) is 13.2 Å². The monoisotopic (exact) mass is 354 g/mol. The van der Waals surface area contributed by atoms with Crippen molar-refractivity contribution in [2.45, 2.75) is 26.8 Å². The third-order valence-electron chi connectivity index (χ3n) is 3.44. The van der Waals surface area contributed by atoms with E-state index in [4.69, 9.17) is 9.05 Å². The first kappa shape index (κ1) is 18.3. The number of hydrogen-bond donors (Lipinski definition) is 1. The predicted octanol–water partition coefficient (Wildman–Crippen LogP) is 1.97. The molecule has 130 valence electrons. The number of amides is 3. The van der Waals surface area contributed by atoms with Gasteiger partial charge in [0.05, 0.1) is 24.3 Å². The fourth-order valence-electron chi connectivity index (χ4n) is 2.35. The second kappa shape index (κ2) is 7.25. The molecule has 0 spiro atoms. The molecule has 3 amide bonds. The van der Waals surface area contributed by atoms with Gasteiger partial charge in [-0.15, -0.1) is 0 Å². The van der Waals surface area contributed by atoms with Crippen LogP contribution in [0.15, 0.2) is 24.3 Å². The SMILES string of the molecule is CCOP(=O)(NC(=O)C(C)N1C(=O)c2ccccc2C1=O)OCC. The summed E-state index contributed by atoms with van der Waals surface area (Å²) in [5.74, 6) is -1.93. The molecule has 8 nitrogen and oxygen atoms in total. The van der Waals surface area contributed by atoms with Crippen LogP contribution in [0.4, 0.5) is 0 Å². The van der Waals surface area contributed by atoms with Gasteiger partial charge < -0.3 is 0 Å². The first-order chi connectivity index (χ1) is 11.3. The van der Waals surface area contributed by atoms with E-state index in [2.05, 4.69) is 5.09 Å². The van der Waals surface area contributed by atoms with E-state index in [9.17, 15) is 18.9 Å². The Morgan fingerprint density at radius 1 is 1.12 bits per heavy atom. The summed E-state index contributed by atoms with van der Waals surface area (Å²) in [6.07, 6.45) is 0. The quantitative estimate of drug-likeness (QED) is 0.593. The number of carbonyl (C=O) groups is 3. The molecule has 0 saturated carbocycles. The number of nitrogens with zero attached hydrogens (tertiary/aromatic N) is 1. The number of imide groups is 1. The molecule has 0 aliphatic carbocycles. The second-order valence-corrected chi connectivity index (χ2v) is 6.75. The molecule has 24 heavy (non-hydrogen) atoms. The topological polar surface area (TPSA) is 102 Å². The Morgan fingerprint density at radius 2 is 1.58 bits per heavy atom. The van der Waals surface area contributed by atoms with E-state index in [0.717, 1.165) is 4.90 Å². The molecule has 2 rings (SSSR count). The maximum atomic E-state index is 12.4. The minimum Gasteiger partial charge on any atom is -0.293 e. The van der Waals surface area contributed by atoms with Crippen LogP contribution in [0.25, 0.3) is 0 Å². The predicted molar refractivity (Wildman–Crippen MR) is 85.4 cm³/mol. The van der Waals surface area contributed by atoms with Crippen LogP contribution in [-0.2, 0) is 18.4 Å². The fourth-order valence-corrected chi connectivity index (χ4v) is 3.69. The Bertz CT molecular complexity index is 675. The van der Waals surface area contributed by atoms with Crippen LogP contribution < -0.4 is 5.09 Å². The average Bonchev–Trinajstić information content (AvgIpc) is 2.79. The minimum atomic E-state index is -3.83. The molecule has 0 bridgehead atoms. The molecule has 1 atom stereocenters. The Kier molecular flexibility index (Phi) is 5.54. The largest absolute Gasteiger partial charge is 0.434 e. The molecule has 1 heterocycles. The molecule has 0 saturated heterocycles. The molecule has 1 aromatic carbocycles. The normalized spacial score (nSPS) is 15.4. The number of carbonyl (C=O) groups excluding carboxylic acids is 3. The van der Waals surface area contributed by atoms with Crippen molar-refractivity contribution in [3.8, 4) is 0 Å². The highest BCUT2D eigenvalue weighted by molar-refractivity contribution is 7.52. The summed E-state index contributed by atoms with van der Waals surface area (Å²) in [7, 11) is -3.83. The van der Waals surface area contributed by atoms with Gasteiger partial charge in [-0.2, -0.15) is 0 Å². The standard InChI is InChI=1S/C15H19N2O6P/c1-4-22-24(21,23-5-2)16-13(18)10(3)17-14(19)11-8-6-7-9-12(11)15(17)20/h6-10H,4-5H2,1-3H3,(H,16,18,21). The molecule has 1 aliphatic heterocycles. The number of fused-ring (bicyclic) bond motifs is 1. The van der Waals surface area contributed by atoms with Gasteiger partial charge in [0, 0.05) is 0 Å². The van der Waals surface area contributed by atoms with Gasteiger partial charge in [-0.05, 0) is 32.9 Å². The Morgan fingerprint density at radius 3 is 2.00 bits per heavy atom. The summed E-state index contributed by atoms with van der Waals surface area (Å²) in [4.78, 5) is 37.9. The van der Waals surface area contributed by atoms with Crippen molar-refractivity contribution in [2.24, 2.45) is 0 Å². The number of benzene rings is 1. The highest BCUT2D eigenvalue weighted by atomic mass is 31.2.